The smallest absolute Gasteiger partial charge is 0.179 e. The highest BCUT2D eigenvalue weighted by molar-refractivity contribution is 7.99. The largest absolute Gasteiger partial charge is 0.377 e. The second-order valence-corrected chi connectivity index (χ2v) is 8.63. The van der Waals surface area contributed by atoms with Gasteiger partial charge in [-0.3, -0.25) is 0 Å². The molecule has 0 bridgehead atoms. The first-order valence-corrected chi connectivity index (χ1v) is 10.5. The molecule has 3 aromatic rings. The first-order chi connectivity index (χ1) is 12.2. The fourth-order valence-electron chi connectivity index (χ4n) is 2.70. The first kappa shape index (κ1) is 16.8. The van der Waals surface area contributed by atoms with Gasteiger partial charge in [-0.05, 0) is 42.5 Å². The molecule has 0 atom stereocenters. The van der Waals surface area contributed by atoms with E-state index in [9.17, 15) is 0 Å². The highest BCUT2D eigenvalue weighted by atomic mass is 32.2. The van der Waals surface area contributed by atoms with Crippen molar-refractivity contribution >= 4 is 40.4 Å². The van der Waals surface area contributed by atoms with Crippen molar-refractivity contribution in [3.63, 3.8) is 0 Å². The van der Waals surface area contributed by atoms with Gasteiger partial charge in [0.2, 0.25) is 0 Å². The molecular formula is C19H22N4S2. The van der Waals surface area contributed by atoms with Crippen LogP contribution in [0.2, 0.25) is 0 Å². The fourth-order valence-corrected chi connectivity index (χ4v) is 4.63. The van der Waals surface area contributed by atoms with E-state index in [0.29, 0.717) is 0 Å². The number of imidazole rings is 1. The summed E-state index contributed by atoms with van der Waals surface area (Å²) in [4.78, 5) is 14.9. The van der Waals surface area contributed by atoms with E-state index in [-0.39, 0.29) is 0 Å². The summed E-state index contributed by atoms with van der Waals surface area (Å²) in [6, 6.07) is 12.7. The lowest BCUT2D eigenvalue weighted by Gasteiger charge is -2.16. The van der Waals surface area contributed by atoms with Crippen molar-refractivity contribution in [2.45, 2.75) is 28.8 Å². The summed E-state index contributed by atoms with van der Waals surface area (Å²) < 4.78 is 0. The number of thioether (sulfide) groups is 2. The number of fused-ring (bicyclic) bond motifs is 1. The van der Waals surface area contributed by atoms with Crippen molar-refractivity contribution in [1.29, 1.82) is 0 Å². The van der Waals surface area contributed by atoms with E-state index < -0.39 is 0 Å². The summed E-state index contributed by atoms with van der Waals surface area (Å²) in [5.74, 6) is 2.98. The van der Waals surface area contributed by atoms with Crippen molar-refractivity contribution in [2.24, 2.45) is 5.92 Å². The number of aromatic amines is 1. The van der Waals surface area contributed by atoms with E-state index in [1.807, 2.05) is 11.8 Å². The molecule has 4 rings (SSSR count). The van der Waals surface area contributed by atoms with Crippen molar-refractivity contribution < 1.29 is 0 Å². The lowest BCUT2D eigenvalue weighted by molar-refractivity contribution is 0.994. The molecule has 1 fully saturated rings. The van der Waals surface area contributed by atoms with Crippen LogP contribution in [0.5, 0.6) is 0 Å². The lowest BCUT2D eigenvalue weighted by atomic mass is 10.2. The van der Waals surface area contributed by atoms with Gasteiger partial charge in [0.25, 0.3) is 0 Å². The van der Waals surface area contributed by atoms with Crippen molar-refractivity contribution in [1.82, 2.24) is 15.0 Å². The van der Waals surface area contributed by atoms with Gasteiger partial charge < -0.3 is 9.88 Å². The Balaban J connectivity index is 1.46. The van der Waals surface area contributed by atoms with Gasteiger partial charge in [0, 0.05) is 31.3 Å². The van der Waals surface area contributed by atoms with E-state index in [4.69, 9.17) is 4.98 Å². The molecule has 0 unspecified atom stereocenters. The number of benzene rings is 1. The maximum Gasteiger partial charge on any atom is 0.179 e. The maximum atomic E-state index is 4.70. The number of anilines is 1. The third kappa shape index (κ3) is 4.12. The Morgan fingerprint density at radius 3 is 2.72 bits per heavy atom. The molecule has 2 heterocycles. The van der Waals surface area contributed by atoms with E-state index >= 15 is 0 Å². The minimum absolute atomic E-state index is 0.823. The van der Waals surface area contributed by atoms with Gasteiger partial charge >= 0.3 is 0 Å². The van der Waals surface area contributed by atoms with Gasteiger partial charge in [-0.15, -0.1) is 11.8 Å². The summed E-state index contributed by atoms with van der Waals surface area (Å²) in [6.45, 7) is 0. The number of rotatable bonds is 7. The summed E-state index contributed by atoms with van der Waals surface area (Å²) in [5, 5.41) is 2.01. The highest BCUT2D eigenvalue weighted by Crippen LogP contribution is 2.35. The topological polar surface area (TPSA) is 44.8 Å². The van der Waals surface area contributed by atoms with Gasteiger partial charge in [-0.25, -0.2) is 9.97 Å². The van der Waals surface area contributed by atoms with Crippen molar-refractivity contribution in [2.75, 3.05) is 24.7 Å². The summed E-state index contributed by atoms with van der Waals surface area (Å²) in [7, 11) is 4.16. The van der Waals surface area contributed by atoms with Crippen molar-refractivity contribution in [3.05, 3.63) is 42.0 Å². The standard InChI is InChI=1S/C19H22N4S2/c1-23(2)16-6-4-3-5-14(16)12-25-19-20-15-9-10-17(21-18(15)22-19)24-11-13-7-8-13/h3-6,9-10,13H,7-8,11-12H2,1-2H3,(H,20,21,22). The van der Waals surface area contributed by atoms with Gasteiger partial charge in [0.05, 0.1) is 10.5 Å². The second kappa shape index (κ2) is 7.30. The summed E-state index contributed by atoms with van der Waals surface area (Å²) >= 11 is 3.58. The third-order valence-electron chi connectivity index (χ3n) is 4.30. The Bertz CT molecular complexity index is 871. The van der Waals surface area contributed by atoms with Gasteiger partial charge in [-0.1, -0.05) is 30.0 Å². The van der Waals surface area contributed by atoms with Crippen LogP contribution in [0, 0.1) is 5.92 Å². The average molecular weight is 371 g/mol. The van der Waals surface area contributed by atoms with Crippen molar-refractivity contribution in [3.8, 4) is 0 Å². The average Bonchev–Trinajstić information content (AvgIpc) is 3.36. The number of hydrogen-bond acceptors (Lipinski definition) is 5. The molecule has 4 nitrogen and oxygen atoms in total. The number of aromatic nitrogens is 3. The Kier molecular flexibility index (Phi) is 4.90. The SMILES string of the molecule is CN(C)c1ccccc1CSc1nc2nc(SCC3CC3)ccc2[nH]1. The molecular weight excluding hydrogens is 348 g/mol. The molecule has 0 radical (unpaired) electrons. The van der Waals surface area contributed by atoms with E-state index in [1.54, 1.807) is 11.8 Å². The van der Waals surface area contributed by atoms with Crippen LogP contribution in [0.1, 0.15) is 18.4 Å². The van der Waals surface area contributed by atoms with Crippen LogP contribution in [0.15, 0.2) is 46.6 Å². The zero-order valence-corrected chi connectivity index (χ0v) is 16.2. The molecule has 1 aliphatic carbocycles. The second-order valence-electron chi connectivity index (χ2n) is 6.63. The molecule has 130 valence electrons. The molecule has 2 aromatic heterocycles. The molecule has 25 heavy (non-hydrogen) atoms. The number of nitrogens with zero attached hydrogens (tertiary/aromatic N) is 3. The minimum atomic E-state index is 0.823. The van der Waals surface area contributed by atoms with Crippen LogP contribution in [-0.2, 0) is 5.75 Å². The molecule has 0 amide bonds. The first-order valence-electron chi connectivity index (χ1n) is 8.56. The van der Waals surface area contributed by atoms with Crippen LogP contribution in [0.4, 0.5) is 5.69 Å². The summed E-state index contributed by atoms with van der Waals surface area (Å²) in [6.07, 6.45) is 2.76. The third-order valence-corrected chi connectivity index (χ3v) is 6.38. The zero-order chi connectivity index (χ0) is 17.2. The highest BCUT2D eigenvalue weighted by Gasteiger charge is 2.21. The molecule has 6 heteroatoms. The summed E-state index contributed by atoms with van der Waals surface area (Å²) in [5.41, 5.74) is 4.40. The minimum Gasteiger partial charge on any atom is -0.377 e. The van der Waals surface area contributed by atoms with Crippen LogP contribution >= 0.6 is 23.5 Å². The molecule has 0 saturated heterocycles. The predicted molar refractivity (Wildman–Crippen MR) is 108 cm³/mol. The molecule has 1 aliphatic rings. The number of nitrogens with one attached hydrogen (secondary N) is 1. The van der Waals surface area contributed by atoms with Gasteiger partial charge in [-0.2, -0.15) is 0 Å². The van der Waals surface area contributed by atoms with Gasteiger partial charge in [0.15, 0.2) is 10.8 Å². The quantitative estimate of drug-likeness (QED) is 0.604. The molecule has 0 spiro atoms. The fraction of sp³-hybridized carbons (Fsp3) is 0.368. The maximum absolute atomic E-state index is 4.70. The Morgan fingerprint density at radius 2 is 1.92 bits per heavy atom. The molecule has 1 saturated carbocycles. The van der Waals surface area contributed by atoms with Crippen LogP contribution in [0.25, 0.3) is 11.2 Å². The normalized spacial score (nSPS) is 14.2. The van der Waals surface area contributed by atoms with Crippen LogP contribution < -0.4 is 4.90 Å². The zero-order valence-electron chi connectivity index (χ0n) is 14.5. The number of para-hydroxylation sites is 1. The van der Waals surface area contributed by atoms with Gasteiger partial charge in [0.1, 0.15) is 0 Å². The Morgan fingerprint density at radius 1 is 1.08 bits per heavy atom. The molecule has 1 aromatic carbocycles. The molecule has 1 N–H and O–H groups in total. The predicted octanol–water partition coefficient (Wildman–Crippen LogP) is 4.82. The number of pyridine rings is 1. The lowest BCUT2D eigenvalue weighted by Crippen LogP contribution is -2.10. The van der Waals surface area contributed by atoms with Crippen LogP contribution in [-0.4, -0.2) is 34.8 Å². The van der Waals surface area contributed by atoms with E-state index in [2.05, 4.69) is 65.4 Å². The Hall–Kier alpha value is -1.66. The monoisotopic (exact) mass is 370 g/mol. The number of H-pyrrole nitrogens is 1. The van der Waals surface area contributed by atoms with E-state index in [1.165, 1.54) is 29.8 Å². The Labute approximate surface area is 156 Å². The number of hydrogen-bond donors (Lipinski definition) is 1. The van der Waals surface area contributed by atoms with Crippen LogP contribution in [0.3, 0.4) is 0 Å². The van der Waals surface area contributed by atoms with E-state index in [0.717, 1.165) is 33.0 Å². The molecule has 0 aliphatic heterocycles.